The van der Waals surface area contributed by atoms with E-state index in [0.29, 0.717) is 5.41 Å². The maximum atomic E-state index is 3.57. The zero-order chi connectivity index (χ0) is 13.6. The van der Waals surface area contributed by atoms with Crippen molar-refractivity contribution in [1.82, 2.24) is 10.2 Å². The number of nitrogens with zero attached hydrogens (tertiary/aromatic N) is 1. The molecule has 1 N–H and O–H groups in total. The van der Waals surface area contributed by atoms with E-state index in [9.17, 15) is 0 Å². The van der Waals surface area contributed by atoms with Crippen molar-refractivity contribution in [2.45, 2.75) is 65.8 Å². The van der Waals surface area contributed by atoms with Crippen molar-refractivity contribution in [1.29, 1.82) is 0 Å². The lowest BCUT2D eigenvalue weighted by Gasteiger charge is -2.40. The molecule has 0 radical (unpaired) electrons. The van der Waals surface area contributed by atoms with Crippen molar-refractivity contribution in [3.63, 3.8) is 0 Å². The zero-order valence-corrected chi connectivity index (χ0v) is 13.3. The normalized spacial score (nSPS) is 25.7. The molecule has 2 unspecified atom stereocenters. The zero-order valence-electron chi connectivity index (χ0n) is 13.3. The summed E-state index contributed by atoms with van der Waals surface area (Å²) < 4.78 is 0. The summed E-state index contributed by atoms with van der Waals surface area (Å²) in [5.74, 6) is 0.878. The Morgan fingerprint density at radius 2 is 1.89 bits per heavy atom. The van der Waals surface area contributed by atoms with Gasteiger partial charge in [0.05, 0.1) is 0 Å². The molecule has 0 saturated heterocycles. The standard InChI is InChI=1S/C16H34N2/c1-6-11-17-12-16(3,4)13-18(5)15-10-8-7-9-14(15)2/h14-15,17H,6-13H2,1-5H3. The number of hydrogen-bond donors (Lipinski definition) is 1. The highest BCUT2D eigenvalue weighted by Gasteiger charge is 2.28. The first-order chi connectivity index (χ1) is 8.46. The molecule has 0 aromatic heterocycles. The molecule has 0 bridgehead atoms. The molecule has 1 rings (SSSR count). The Bertz CT molecular complexity index is 225. The molecule has 0 aromatic carbocycles. The van der Waals surface area contributed by atoms with E-state index in [1.165, 1.54) is 38.6 Å². The topological polar surface area (TPSA) is 15.3 Å². The van der Waals surface area contributed by atoms with E-state index < -0.39 is 0 Å². The second kappa shape index (κ2) is 7.49. The van der Waals surface area contributed by atoms with Crippen LogP contribution in [-0.4, -0.2) is 37.6 Å². The molecule has 2 nitrogen and oxygen atoms in total. The monoisotopic (exact) mass is 254 g/mol. The summed E-state index contributed by atoms with van der Waals surface area (Å²) in [6.45, 7) is 12.9. The maximum absolute atomic E-state index is 3.57. The predicted molar refractivity (Wildman–Crippen MR) is 81.0 cm³/mol. The minimum Gasteiger partial charge on any atom is -0.316 e. The highest BCUT2D eigenvalue weighted by atomic mass is 15.1. The van der Waals surface area contributed by atoms with E-state index in [1.54, 1.807) is 0 Å². The van der Waals surface area contributed by atoms with Crippen molar-refractivity contribution in [2.75, 3.05) is 26.7 Å². The summed E-state index contributed by atoms with van der Waals surface area (Å²) >= 11 is 0. The van der Waals surface area contributed by atoms with E-state index in [-0.39, 0.29) is 0 Å². The molecule has 0 spiro atoms. The van der Waals surface area contributed by atoms with Gasteiger partial charge in [-0.15, -0.1) is 0 Å². The largest absolute Gasteiger partial charge is 0.316 e. The predicted octanol–water partition coefficient (Wildman–Crippen LogP) is 3.52. The Kier molecular flexibility index (Phi) is 6.65. The average Bonchev–Trinajstić information content (AvgIpc) is 2.29. The van der Waals surface area contributed by atoms with Crippen LogP contribution in [0.15, 0.2) is 0 Å². The van der Waals surface area contributed by atoms with Crippen LogP contribution < -0.4 is 5.32 Å². The van der Waals surface area contributed by atoms with Crippen molar-refractivity contribution in [2.24, 2.45) is 11.3 Å². The SMILES string of the molecule is CCCNCC(C)(C)CN(C)C1CCCCC1C. The lowest BCUT2D eigenvalue weighted by atomic mass is 9.83. The van der Waals surface area contributed by atoms with Gasteiger partial charge >= 0.3 is 0 Å². The van der Waals surface area contributed by atoms with Crippen molar-refractivity contribution in [3.8, 4) is 0 Å². The van der Waals surface area contributed by atoms with Crippen LogP contribution in [0, 0.1) is 11.3 Å². The molecule has 1 fully saturated rings. The fourth-order valence-corrected chi connectivity index (χ4v) is 3.40. The van der Waals surface area contributed by atoms with Crippen LogP contribution in [0.3, 0.4) is 0 Å². The molecule has 0 aromatic rings. The van der Waals surface area contributed by atoms with E-state index in [4.69, 9.17) is 0 Å². The molecule has 108 valence electrons. The third kappa shape index (κ3) is 5.27. The Balaban J connectivity index is 2.38. The molecular formula is C16H34N2. The van der Waals surface area contributed by atoms with Gasteiger partial charge in [-0.1, -0.05) is 40.5 Å². The van der Waals surface area contributed by atoms with Crippen molar-refractivity contribution < 1.29 is 0 Å². The maximum Gasteiger partial charge on any atom is 0.0118 e. The Labute approximate surface area is 115 Å². The minimum absolute atomic E-state index is 0.376. The summed E-state index contributed by atoms with van der Waals surface area (Å²) in [7, 11) is 2.33. The average molecular weight is 254 g/mol. The van der Waals surface area contributed by atoms with Gasteiger partial charge in [0.25, 0.3) is 0 Å². The molecule has 2 atom stereocenters. The van der Waals surface area contributed by atoms with Crippen LogP contribution in [0.25, 0.3) is 0 Å². The minimum atomic E-state index is 0.376. The van der Waals surface area contributed by atoms with Crippen LogP contribution >= 0.6 is 0 Å². The lowest BCUT2D eigenvalue weighted by Crippen LogP contribution is -2.46. The van der Waals surface area contributed by atoms with Crippen LogP contribution in [0.1, 0.15) is 59.8 Å². The lowest BCUT2D eigenvalue weighted by molar-refractivity contribution is 0.0968. The summed E-state index contributed by atoms with van der Waals surface area (Å²) in [5.41, 5.74) is 0.376. The number of nitrogens with one attached hydrogen (secondary N) is 1. The van der Waals surface area contributed by atoms with E-state index >= 15 is 0 Å². The van der Waals surface area contributed by atoms with E-state index in [2.05, 4.69) is 45.0 Å². The first-order valence-corrected chi connectivity index (χ1v) is 7.87. The molecule has 0 amide bonds. The fraction of sp³-hybridized carbons (Fsp3) is 1.00. The fourth-order valence-electron chi connectivity index (χ4n) is 3.40. The molecule has 1 saturated carbocycles. The first kappa shape index (κ1) is 16.0. The second-order valence-corrected chi connectivity index (χ2v) is 7.09. The van der Waals surface area contributed by atoms with Gasteiger partial charge in [-0.3, -0.25) is 0 Å². The summed E-state index contributed by atoms with van der Waals surface area (Å²) in [4.78, 5) is 2.62. The van der Waals surface area contributed by atoms with Gasteiger partial charge in [0.2, 0.25) is 0 Å². The Hall–Kier alpha value is -0.0800. The molecule has 2 heteroatoms. The van der Waals surface area contributed by atoms with Crippen LogP contribution in [0.4, 0.5) is 0 Å². The molecular weight excluding hydrogens is 220 g/mol. The van der Waals surface area contributed by atoms with E-state index in [0.717, 1.165) is 25.0 Å². The summed E-state index contributed by atoms with van der Waals surface area (Å²) in [6.07, 6.45) is 6.91. The Morgan fingerprint density at radius 1 is 1.22 bits per heavy atom. The third-order valence-corrected chi connectivity index (χ3v) is 4.34. The van der Waals surface area contributed by atoms with Gasteiger partial charge in [0.1, 0.15) is 0 Å². The molecule has 1 aliphatic carbocycles. The smallest absolute Gasteiger partial charge is 0.0118 e. The number of hydrogen-bond acceptors (Lipinski definition) is 2. The van der Waals surface area contributed by atoms with Gasteiger partial charge < -0.3 is 10.2 Å². The highest BCUT2D eigenvalue weighted by Crippen LogP contribution is 2.29. The van der Waals surface area contributed by atoms with Gasteiger partial charge in [0, 0.05) is 19.1 Å². The quantitative estimate of drug-likeness (QED) is 0.699. The highest BCUT2D eigenvalue weighted by molar-refractivity contribution is 4.83. The summed E-state index contributed by atoms with van der Waals surface area (Å²) in [6, 6.07) is 0.809. The molecule has 18 heavy (non-hydrogen) atoms. The summed E-state index contributed by atoms with van der Waals surface area (Å²) in [5, 5.41) is 3.57. The van der Waals surface area contributed by atoms with Crippen LogP contribution in [0.5, 0.6) is 0 Å². The molecule has 1 aliphatic rings. The molecule has 0 heterocycles. The molecule has 0 aliphatic heterocycles. The third-order valence-electron chi connectivity index (χ3n) is 4.34. The van der Waals surface area contributed by atoms with Crippen LogP contribution in [-0.2, 0) is 0 Å². The van der Waals surface area contributed by atoms with Gasteiger partial charge in [0.15, 0.2) is 0 Å². The Morgan fingerprint density at radius 3 is 2.50 bits per heavy atom. The van der Waals surface area contributed by atoms with Gasteiger partial charge in [-0.2, -0.15) is 0 Å². The van der Waals surface area contributed by atoms with Crippen molar-refractivity contribution in [3.05, 3.63) is 0 Å². The second-order valence-electron chi connectivity index (χ2n) is 7.09. The van der Waals surface area contributed by atoms with Crippen LogP contribution in [0.2, 0.25) is 0 Å². The van der Waals surface area contributed by atoms with E-state index in [1.807, 2.05) is 0 Å². The van der Waals surface area contributed by atoms with Crippen molar-refractivity contribution >= 4 is 0 Å². The van der Waals surface area contributed by atoms with Gasteiger partial charge in [-0.25, -0.2) is 0 Å². The van der Waals surface area contributed by atoms with Gasteiger partial charge in [-0.05, 0) is 44.2 Å². The number of rotatable bonds is 7. The first-order valence-electron chi connectivity index (χ1n) is 7.87.